The molecule has 0 rings (SSSR count). The molecule has 0 radical (unpaired) electrons. The fraction of sp³-hybridized carbons (Fsp3) is 0.597. The second-order valence-corrected chi connectivity index (χ2v) is 20.2. The van der Waals surface area contributed by atoms with Gasteiger partial charge in [-0.2, -0.15) is 0 Å². The Morgan fingerprint density at radius 2 is 0.526 bits per heavy atom. The molecule has 0 spiro atoms. The summed E-state index contributed by atoms with van der Waals surface area (Å²) in [6.07, 6.45) is 94.2. The van der Waals surface area contributed by atoms with Crippen LogP contribution < -0.4 is 0 Å². The predicted octanol–water partition coefficient (Wildman–Crippen LogP) is 21.7. The highest BCUT2D eigenvalue weighted by Gasteiger charge is 2.19. The molecular weight excluding hydrogens is 961 g/mol. The first-order valence-corrected chi connectivity index (χ1v) is 31.5. The van der Waals surface area contributed by atoms with Crippen LogP contribution in [-0.4, -0.2) is 37.2 Å². The van der Waals surface area contributed by atoms with E-state index in [9.17, 15) is 14.4 Å². The summed E-state index contributed by atoms with van der Waals surface area (Å²) in [7, 11) is 0. The van der Waals surface area contributed by atoms with E-state index in [0.717, 1.165) is 135 Å². The van der Waals surface area contributed by atoms with Crippen LogP contribution in [-0.2, 0) is 28.6 Å². The number of hydrogen-bond donors (Lipinski definition) is 0. The molecule has 438 valence electrons. The van der Waals surface area contributed by atoms with Crippen LogP contribution in [0.3, 0.4) is 0 Å². The highest BCUT2D eigenvalue weighted by molar-refractivity contribution is 5.71. The topological polar surface area (TPSA) is 78.9 Å². The molecule has 0 saturated heterocycles. The van der Waals surface area contributed by atoms with Gasteiger partial charge in [0.25, 0.3) is 0 Å². The van der Waals surface area contributed by atoms with Gasteiger partial charge in [-0.1, -0.05) is 269 Å². The molecule has 0 N–H and O–H groups in total. The molecule has 0 aliphatic rings. The highest BCUT2D eigenvalue weighted by Crippen LogP contribution is 2.15. The molecule has 0 aromatic rings. The minimum atomic E-state index is -0.829. The van der Waals surface area contributed by atoms with Gasteiger partial charge in [-0.25, -0.2) is 0 Å². The van der Waals surface area contributed by atoms with Gasteiger partial charge < -0.3 is 14.2 Å². The van der Waals surface area contributed by atoms with Crippen LogP contribution in [0.15, 0.2) is 158 Å². The number of rotatable bonds is 55. The third-order valence-corrected chi connectivity index (χ3v) is 12.7. The zero-order valence-corrected chi connectivity index (χ0v) is 50.1. The Kier molecular flexibility index (Phi) is 60.4. The lowest BCUT2D eigenvalue weighted by Crippen LogP contribution is -2.30. The molecule has 0 aliphatic heterocycles. The minimum absolute atomic E-state index is 0.117. The second-order valence-electron chi connectivity index (χ2n) is 20.2. The maximum absolute atomic E-state index is 12.8. The summed E-state index contributed by atoms with van der Waals surface area (Å²) < 4.78 is 16.8. The monoisotopic (exact) mass is 1070 g/mol. The van der Waals surface area contributed by atoms with Crippen molar-refractivity contribution < 1.29 is 28.6 Å². The van der Waals surface area contributed by atoms with Crippen LogP contribution in [0.25, 0.3) is 0 Å². The SMILES string of the molecule is CC/C=C\C/C=C\C/C=C\C/C=C\C/C=C\C/C=C\CCCCCCCCCCCCCCC(=O)OCC(COC(=O)CCCCCCC/C=C\CCC)OC(=O)CC/C=C\C/C=C\C/C=C\C/C=C\C/C=C\C/C=C\CC. The molecule has 0 aromatic heterocycles. The average molecular weight is 1080 g/mol. The van der Waals surface area contributed by atoms with Gasteiger partial charge in [-0.15, -0.1) is 0 Å². The number of esters is 3. The van der Waals surface area contributed by atoms with Crippen molar-refractivity contribution >= 4 is 17.9 Å². The zero-order valence-electron chi connectivity index (χ0n) is 50.1. The first-order valence-electron chi connectivity index (χ1n) is 31.5. The fourth-order valence-electron chi connectivity index (χ4n) is 8.12. The lowest BCUT2D eigenvalue weighted by Gasteiger charge is -2.18. The average Bonchev–Trinajstić information content (AvgIpc) is 3.44. The molecule has 0 aliphatic carbocycles. The van der Waals surface area contributed by atoms with E-state index in [0.29, 0.717) is 19.3 Å². The van der Waals surface area contributed by atoms with E-state index in [1.165, 1.54) is 77.0 Å². The minimum Gasteiger partial charge on any atom is -0.462 e. The van der Waals surface area contributed by atoms with Crippen LogP contribution in [0, 0.1) is 0 Å². The zero-order chi connectivity index (χ0) is 56.4. The highest BCUT2D eigenvalue weighted by atomic mass is 16.6. The number of allylic oxidation sites excluding steroid dienone is 26. The van der Waals surface area contributed by atoms with Gasteiger partial charge >= 0.3 is 17.9 Å². The standard InChI is InChI=1S/C72H114O6/c1-4-7-10-13-16-19-22-24-26-28-30-31-32-33-34-35-36-37-38-39-40-41-43-44-46-48-50-53-56-59-62-65-71(74)77-68-69(67-76-70(73)64-61-58-55-52-21-18-15-12-9-6-3)78-72(75)66-63-60-57-54-51-49-47-45-42-29-27-25-23-20-17-14-11-8-5-2/h7-8,10-12,15-17,19-20,24-27,30-31,33-34,36-37,42,45,49,51,57,60,69H,4-6,9,13-14,18,21-23,28-29,32,35,38-41,43-44,46-48,50,52-56,58-59,61-68H2,1-3H3/b10-7-,11-8-,15-12-,19-16-,20-17-,26-24-,27-25-,31-30-,34-33-,37-36-,45-42-,51-49-,60-57-. The Morgan fingerprint density at radius 3 is 0.846 bits per heavy atom. The van der Waals surface area contributed by atoms with Gasteiger partial charge in [-0.05, 0) is 128 Å². The lowest BCUT2D eigenvalue weighted by molar-refractivity contribution is -0.166. The lowest BCUT2D eigenvalue weighted by atomic mass is 10.0. The molecule has 0 aromatic carbocycles. The quantitative estimate of drug-likeness (QED) is 0.0261. The van der Waals surface area contributed by atoms with Crippen LogP contribution in [0.1, 0.15) is 258 Å². The van der Waals surface area contributed by atoms with Crippen LogP contribution in [0.5, 0.6) is 0 Å². The van der Waals surface area contributed by atoms with Gasteiger partial charge in [0, 0.05) is 19.3 Å². The Balaban J connectivity index is 4.31. The largest absolute Gasteiger partial charge is 0.462 e. The van der Waals surface area contributed by atoms with Crippen molar-refractivity contribution in [1.82, 2.24) is 0 Å². The Labute approximate surface area is 480 Å². The van der Waals surface area contributed by atoms with Gasteiger partial charge in [0.2, 0.25) is 0 Å². The maximum Gasteiger partial charge on any atom is 0.306 e. The summed E-state index contributed by atoms with van der Waals surface area (Å²) in [6.45, 7) is 6.27. The van der Waals surface area contributed by atoms with Crippen molar-refractivity contribution in [3.63, 3.8) is 0 Å². The van der Waals surface area contributed by atoms with Crippen molar-refractivity contribution in [2.45, 2.75) is 264 Å². The van der Waals surface area contributed by atoms with E-state index in [2.05, 4.69) is 167 Å². The van der Waals surface area contributed by atoms with Crippen molar-refractivity contribution in [2.24, 2.45) is 0 Å². The first-order chi connectivity index (χ1) is 38.5. The summed E-state index contributed by atoms with van der Waals surface area (Å²) in [6, 6.07) is 0. The van der Waals surface area contributed by atoms with Gasteiger partial charge in [0.15, 0.2) is 6.10 Å². The Morgan fingerprint density at radius 1 is 0.269 bits per heavy atom. The molecule has 0 heterocycles. The van der Waals surface area contributed by atoms with E-state index in [1.807, 2.05) is 12.2 Å². The van der Waals surface area contributed by atoms with E-state index in [4.69, 9.17) is 14.2 Å². The molecule has 0 fully saturated rings. The third-order valence-electron chi connectivity index (χ3n) is 12.7. The van der Waals surface area contributed by atoms with Crippen LogP contribution in [0.4, 0.5) is 0 Å². The smallest absolute Gasteiger partial charge is 0.306 e. The Bertz CT molecular complexity index is 1760. The molecule has 1 unspecified atom stereocenters. The summed E-state index contributed by atoms with van der Waals surface area (Å²) >= 11 is 0. The normalized spacial score (nSPS) is 13.2. The van der Waals surface area contributed by atoms with Gasteiger partial charge in [-0.3, -0.25) is 14.4 Å². The molecule has 6 heteroatoms. The summed E-state index contributed by atoms with van der Waals surface area (Å²) in [5, 5.41) is 0. The number of carbonyl (C=O) groups is 3. The Hall–Kier alpha value is -4.97. The van der Waals surface area contributed by atoms with Crippen molar-refractivity contribution in [3.05, 3.63) is 158 Å². The molecular formula is C72H114O6. The van der Waals surface area contributed by atoms with E-state index >= 15 is 0 Å². The molecule has 0 saturated carbocycles. The number of carbonyl (C=O) groups excluding carboxylic acids is 3. The van der Waals surface area contributed by atoms with Crippen LogP contribution >= 0.6 is 0 Å². The van der Waals surface area contributed by atoms with Gasteiger partial charge in [0.1, 0.15) is 13.2 Å². The van der Waals surface area contributed by atoms with E-state index < -0.39 is 12.1 Å². The second kappa shape index (κ2) is 64.6. The molecule has 6 nitrogen and oxygen atoms in total. The molecule has 1 atom stereocenters. The maximum atomic E-state index is 12.8. The van der Waals surface area contributed by atoms with E-state index in [-0.39, 0.29) is 31.6 Å². The van der Waals surface area contributed by atoms with Crippen molar-refractivity contribution in [1.29, 1.82) is 0 Å². The molecule has 0 amide bonds. The number of unbranched alkanes of at least 4 members (excludes halogenated alkanes) is 18. The number of ether oxygens (including phenoxy) is 3. The summed E-state index contributed by atoms with van der Waals surface area (Å²) in [4.78, 5) is 38.1. The summed E-state index contributed by atoms with van der Waals surface area (Å²) in [5.74, 6) is -1.02. The van der Waals surface area contributed by atoms with Crippen molar-refractivity contribution in [3.8, 4) is 0 Å². The molecule has 0 bridgehead atoms. The predicted molar refractivity (Wildman–Crippen MR) is 338 cm³/mol. The number of hydrogen-bond acceptors (Lipinski definition) is 6. The van der Waals surface area contributed by atoms with Crippen molar-refractivity contribution in [2.75, 3.05) is 13.2 Å². The summed E-state index contributed by atoms with van der Waals surface area (Å²) in [5.41, 5.74) is 0. The van der Waals surface area contributed by atoms with E-state index in [1.54, 1.807) is 0 Å². The molecule has 78 heavy (non-hydrogen) atoms. The van der Waals surface area contributed by atoms with Crippen LogP contribution in [0.2, 0.25) is 0 Å². The fourth-order valence-corrected chi connectivity index (χ4v) is 8.12. The third kappa shape index (κ3) is 61.9. The van der Waals surface area contributed by atoms with Gasteiger partial charge in [0.05, 0.1) is 0 Å². The first kappa shape index (κ1) is 73.0.